The van der Waals surface area contributed by atoms with Gasteiger partial charge < -0.3 is 10.1 Å². The maximum atomic E-state index is 5.64. The van der Waals surface area contributed by atoms with Gasteiger partial charge in [0.05, 0.1) is 0 Å². The minimum atomic E-state index is 0.705. The Kier molecular flexibility index (Phi) is 3.19. The summed E-state index contributed by atoms with van der Waals surface area (Å²) >= 11 is 0. The average molecular weight is 189 g/mol. The molecule has 0 radical (unpaired) electrons. The Morgan fingerprint density at radius 2 is 2.07 bits per heavy atom. The molecule has 0 bridgehead atoms. The fourth-order valence-electron chi connectivity index (χ4n) is 1.50. The van der Waals surface area contributed by atoms with E-state index in [-0.39, 0.29) is 0 Å². The molecular weight excluding hydrogens is 174 g/mol. The lowest BCUT2D eigenvalue weighted by Gasteiger charge is -2.14. The van der Waals surface area contributed by atoms with E-state index in [4.69, 9.17) is 4.74 Å². The third-order valence-corrected chi connectivity index (χ3v) is 2.27. The molecule has 1 aliphatic rings. The number of nitrogens with one attached hydrogen (secondary N) is 1. The summed E-state index contributed by atoms with van der Waals surface area (Å²) in [5, 5.41) is 3.32. The first-order valence-electron chi connectivity index (χ1n) is 5.01. The summed E-state index contributed by atoms with van der Waals surface area (Å²) in [6.07, 6.45) is 3.38. The van der Waals surface area contributed by atoms with Gasteiger partial charge in [0.15, 0.2) is 0 Å². The summed E-state index contributed by atoms with van der Waals surface area (Å²) < 4.78 is 5.64. The van der Waals surface area contributed by atoms with Crippen molar-refractivity contribution in [2.24, 2.45) is 0 Å². The normalized spacial score (nSPS) is 16.1. The van der Waals surface area contributed by atoms with Crippen LogP contribution in [0.2, 0.25) is 0 Å². The summed E-state index contributed by atoms with van der Waals surface area (Å²) in [5.74, 6) is 0.943. The summed E-state index contributed by atoms with van der Waals surface area (Å²) in [6.45, 7) is 2.76. The second-order valence-electron chi connectivity index (χ2n) is 3.43. The number of ether oxygens (including phenoxy) is 1. The van der Waals surface area contributed by atoms with Crippen molar-refractivity contribution in [1.82, 2.24) is 5.32 Å². The lowest BCUT2D eigenvalue weighted by atomic mass is 10.2. The molecule has 1 N–H and O–H groups in total. The first kappa shape index (κ1) is 9.28. The second kappa shape index (κ2) is 4.82. The molecule has 0 amide bonds. The van der Waals surface area contributed by atoms with Crippen LogP contribution in [0.15, 0.2) is 42.0 Å². The summed E-state index contributed by atoms with van der Waals surface area (Å²) in [4.78, 5) is 0. The number of benzene rings is 1. The molecule has 0 spiro atoms. The standard InChI is InChI=1S/C12H15NO/c1-2-6-12(7-3-1)14-10-11-5-4-8-13-9-11/h1-3,5-7,13H,4,8-10H2. The van der Waals surface area contributed by atoms with E-state index in [1.165, 1.54) is 5.57 Å². The Bertz CT molecular complexity index is 305. The molecule has 1 aromatic carbocycles. The first-order chi connectivity index (χ1) is 6.95. The Labute approximate surface area is 84.6 Å². The molecule has 1 aromatic rings. The summed E-state index contributed by atoms with van der Waals surface area (Å²) in [6, 6.07) is 9.94. The van der Waals surface area contributed by atoms with Crippen molar-refractivity contribution in [3.8, 4) is 5.75 Å². The highest BCUT2D eigenvalue weighted by Gasteiger charge is 2.02. The van der Waals surface area contributed by atoms with Crippen LogP contribution in [0, 0.1) is 0 Å². The third-order valence-electron chi connectivity index (χ3n) is 2.27. The number of para-hydroxylation sites is 1. The van der Waals surface area contributed by atoms with E-state index < -0.39 is 0 Å². The fraction of sp³-hybridized carbons (Fsp3) is 0.333. The zero-order valence-corrected chi connectivity index (χ0v) is 8.20. The lowest BCUT2D eigenvalue weighted by Crippen LogP contribution is -2.24. The molecular formula is C12H15NO. The molecule has 14 heavy (non-hydrogen) atoms. The predicted molar refractivity (Wildman–Crippen MR) is 57.5 cm³/mol. The Balaban J connectivity index is 1.85. The van der Waals surface area contributed by atoms with Crippen LogP contribution in [0.4, 0.5) is 0 Å². The van der Waals surface area contributed by atoms with Crippen LogP contribution in [0.3, 0.4) is 0 Å². The number of hydrogen-bond acceptors (Lipinski definition) is 2. The average Bonchev–Trinajstić information content (AvgIpc) is 2.29. The zero-order valence-electron chi connectivity index (χ0n) is 8.20. The van der Waals surface area contributed by atoms with Gasteiger partial charge in [0.1, 0.15) is 12.4 Å². The largest absolute Gasteiger partial charge is 0.489 e. The lowest BCUT2D eigenvalue weighted by molar-refractivity contribution is 0.345. The van der Waals surface area contributed by atoms with Gasteiger partial charge in [-0.1, -0.05) is 24.3 Å². The molecule has 1 aliphatic heterocycles. The van der Waals surface area contributed by atoms with E-state index in [2.05, 4.69) is 11.4 Å². The van der Waals surface area contributed by atoms with Crippen molar-refractivity contribution in [3.05, 3.63) is 42.0 Å². The predicted octanol–water partition coefficient (Wildman–Crippen LogP) is 1.99. The van der Waals surface area contributed by atoms with Gasteiger partial charge in [-0.25, -0.2) is 0 Å². The highest BCUT2D eigenvalue weighted by molar-refractivity contribution is 5.22. The molecule has 0 saturated carbocycles. The molecule has 0 atom stereocenters. The molecule has 0 aromatic heterocycles. The van der Waals surface area contributed by atoms with Crippen LogP contribution < -0.4 is 10.1 Å². The Hall–Kier alpha value is -1.28. The van der Waals surface area contributed by atoms with Gasteiger partial charge in [0.2, 0.25) is 0 Å². The minimum Gasteiger partial charge on any atom is -0.489 e. The van der Waals surface area contributed by atoms with Crippen LogP contribution >= 0.6 is 0 Å². The van der Waals surface area contributed by atoms with Crippen molar-refractivity contribution in [1.29, 1.82) is 0 Å². The number of rotatable bonds is 3. The van der Waals surface area contributed by atoms with E-state index in [1.807, 2.05) is 30.3 Å². The van der Waals surface area contributed by atoms with Crippen molar-refractivity contribution >= 4 is 0 Å². The van der Waals surface area contributed by atoms with Crippen molar-refractivity contribution in [3.63, 3.8) is 0 Å². The minimum absolute atomic E-state index is 0.705. The molecule has 2 rings (SSSR count). The van der Waals surface area contributed by atoms with E-state index >= 15 is 0 Å². The van der Waals surface area contributed by atoms with Gasteiger partial charge >= 0.3 is 0 Å². The van der Waals surface area contributed by atoms with Crippen molar-refractivity contribution in [2.45, 2.75) is 6.42 Å². The molecule has 2 heteroatoms. The molecule has 0 fully saturated rings. The maximum Gasteiger partial charge on any atom is 0.119 e. The van der Waals surface area contributed by atoms with Crippen LogP contribution in [0.1, 0.15) is 6.42 Å². The molecule has 0 unspecified atom stereocenters. The Morgan fingerprint density at radius 3 is 2.79 bits per heavy atom. The third kappa shape index (κ3) is 2.60. The van der Waals surface area contributed by atoms with Gasteiger partial charge in [-0.2, -0.15) is 0 Å². The van der Waals surface area contributed by atoms with Crippen LogP contribution in [0.25, 0.3) is 0 Å². The zero-order chi connectivity index (χ0) is 9.64. The van der Waals surface area contributed by atoms with Gasteiger partial charge in [-0.05, 0) is 30.7 Å². The van der Waals surface area contributed by atoms with Crippen molar-refractivity contribution < 1.29 is 4.74 Å². The number of hydrogen-bond donors (Lipinski definition) is 1. The van der Waals surface area contributed by atoms with Crippen LogP contribution in [-0.4, -0.2) is 19.7 Å². The monoisotopic (exact) mass is 189 g/mol. The van der Waals surface area contributed by atoms with Gasteiger partial charge in [0, 0.05) is 6.54 Å². The van der Waals surface area contributed by atoms with E-state index in [9.17, 15) is 0 Å². The molecule has 0 saturated heterocycles. The van der Waals surface area contributed by atoms with Crippen LogP contribution in [-0.2, 0) is 0 Å². The second-order valence-corrected chi connectivity index (χ2v) is 3.43. The molecule has 2 nitrogen and oxygen atoms in total. The highest BCUT2D eigenvalue weighted by Crippen LogP contribution is 2.10. The van der Waals surface area contributed by atoms with Gasteiger partial charge in [0.25, 0.3) is 0 Å². The van der Waals surface area contributed by atoms with E-state index in [1.54, 1.807) is 0 Å². The van der Waals surface area contributed by atoms with Gasteiger partial charge in [-0.3, -0.25) is 0 Å². The summed E-state index contributed by atoms with van der Waals surface area (Å²) in [5.41, 5.74) is 1.35. The van der Waals surface area contributed by atoms with Crippen LogP contribution in [0.5, 0.6) is 5.75 Å². The van der Waals surface area contributed by atoms with Gasteiger partial charge in [-0.15, -0.1) is 0 Å². The SMILES string of the molecule is C1=C(COc2ccccc2)CNCC1. The quantitative estimate of drug-likeness (QED) is 0.734. The van der Waals surface area contributed by atoms with E-state index in [0.29, 0.717) is 6.61 Å². The first-order valence-corrected chi connectivity index (χ1v) is 5.01. The van der Waals surface area contributed by atoms with E-state index in [0.717, 1.165) is 25.3 Å². The molecule has 1 heterocycles. The molecule has 0 aliphatic carbocycles. The topological polar surface area (TPSA) is 21.3 Å². The highest BCUT2D eigenvalue weighted by atomic mass is 16.5. The Morgan fingerprint density at radius 1 is 1.21 bits per heavy atom. The molecule has 74 valence electrons. The maximum absolute atomic E-state index is 5.64. The fourth-order valence-corrected chi connectivity index (χ4v) is 1.50. The smallest absolute Gasteiger partial charge is 0.119 e. The van der Waals surface area contributed by atoms with Crippen molar-refractivity contribution in [2.75, 3.05) is 19.7 Å². The summed E-state index contributed by atoms with van der Waals surface area (Å²) in [7, 11) is 0.